The number of amides is 2. The van der Waals surface area contributed by atoms with Crippen LogP contribution in [0.2, 0.25) is 0 Å². The first-order valence-electron chi connectivity index (χ1n) is 12.1. The van der Waals surface area contributed by atoms with Gasteiger partial charge in [0.1, 0.15) is 11.9 Å². The summed E-state index contributed by atoms with van der Waals surface area (Å²) in [5.74, 6) is -0.409. The van der Waals surface area contributed by atoms with Crippen molar-refractivity contribution in [2.45, 2.75) is 37.0 Å². The molecule has 0 aliphatic rings. The summed E-state index contributed by atoms with van der Waals surface area (Å²) in [6.45, 7) is 4.00. The molecule has 7 heteroatoms. The Hall–Kier alpha value is -3.97. The van der Waals surface area contributed by atoms with E-state index >= 15 is 0 Å². The number of aromatic nitrogens is 1. The fourth-order valence-corrected chi connectivity index (χ4v) is 4.24. The summed E-state index contributed by atoms with van der Waals surface area (Å²) < 4.78 is 13.2. The third-order valence-corrected chi connectivity index (χ3v) is 6.32. The molecule has 0 aliphatic heterocycles. The lowest BCUT2D eigenvalue weighted by molar-refractivity contribution is -0.118. The Morgan fingerprint density at radius 1 is 0.865 bits per heavy atom. The van der Waals surface area contributed by atoms with Crippen molar-refractivity contribution in [3.8, 4) is 0 Å². The van der Waals surface area contributed by atoms with E-state index < -0.39 is 17.8 Å². The summed E-state index contributed by atoms with van der Waals surface area (Å²) in [7, 11) is 0. The SMILES string of the molecule is CC.O=C(NC(Cc1ccccn1)C(=O)Nc1ccc(SCc2ccccc2)cc1)c1ccc(F)cc1. The molecule has 2 amide bonds. The van der Waals surface area contributed by atoms with E-state index in [2.05, 4.69) is 27.8 Å². The molecule has 0 bridgehead atoms. The molecule has 37 heavy (non-hydrogen) atoms. The molecular formula is C30H30FN3O2S. The third kappa shape index (κ3) is 8.88. The van der Waals surface area contributed by atoms with Crippen LogP contribution in [0.4, 0.5) is 10.1 Å². The zero-order chi connectivity index (χ0) is 26.5. The monoisotopic (exact) mass is 515 g/mol. The summed E-state index contributed by atoms with van der Waals surface area (Å²) >= 11 is 1.71. The van der Waals surface area contributed by atoms with E-state index in [1.54, 1.807) is 30.1 Å². The molecule has 0 saturated heterocycles. The molecule has 2 N–H and O–H groups in total. The molecule has 1 heterocycles. The van der Waals surface area contributed by atoms with Crippen LogP contribution in [0.1, 0.15) is 35.5 Å². The van der Waals surface area contributed by atoms with Gasteiger partial charge in [0.15, 0.2) is 0 Å². The van der Waals surface area contributed by atoms with Crippen molar-refractivity contribution in [2.75, 3.05) is 5.32 Å². The number of benzene rings is 3. The average Bonchev–Trinajstić information content (AvgIpc) is 2.95. The molecule has 0 spiro atoms. The number of pyridine rings is 1. The van der Waals surface area contributed by atoms with E-state index in [0.29, 0.717) is 11.4 Å². The summed E-state index contributed by atoms with van der Waals surface area (Å²) in [5, 5.41) is 5.63. The van der Waals surface area contributed by atoms with E-state index in [4.69, 9.17) is 0 Å². The number of hydrogen-bond donors (Lipinski definition) is 2. The van der Waals surface area contributed by atoms with Crippen LogP contribution in [-0.2, 0) is 17.0 Å². The highest BCUT2D eigenvalue weighted by atomic mass is 32.2. The highest BCUT2D eigenvalue weighted by Gasteiger charge is 2.23. The number of anilines is 1. The Morgan fingerprint density at radius 3 is 2.19 bits per heavy atom. The van der Waals surface area contributed by atoms with Crippen molar-refractivity contribution in [1.29, 1.82) is 0 Å². The second-order valence-electron chi connectivity index (χ2n) is 7.85. The predicted molar refractivity (Wildman–Crippen MR) is 148 cm³/mol. The number of nitrogens with one attached hydrogen (secondary N) is 2. The van der Waals surface area contributed by atoms with Crippen molar-refractivity contribution < 1.29 is 14.0 Å². The summed E-state index contributed by atoms with van der Waals surface area (Å²) in [6.07, 6.45) is 1.85. The van der Waals surface area contributed by atoms with Crippen molar-refractivity contribution in [3.63, 3.8) is 0 Å². The first-order valence-corrected chi connectivity index (χ1v) is 13.1. The van der Waals surface area contributed by atoms with Crippen molar-refractivity contribution >= 4 is 29.3 Å². The first-order chi connectivity index (χ1) is 18.1. The van der Waals surface area contributed by atoms with Gasteiger partial charge in [0.2, 0.25) is 5.91 Å². The minimum atomic E-state index is -0.866. The van der Waals surface area contributed by atoms with Crippen molar-refractivity contribution in [1.82, 2.24) is 10.3 Å². The maximum Gasteiger partial charge on any atom is 0.251 e. The van der Waals surface area contributed by atoms with E-state index in [9.17, 15) is 14.0 Å². The van der Waals surface area contributed by atoms with Gasteiger partial charge in [-0.25, -0.2) is 4.39 Å². The lowest BCUT2D eigenvalue weighted by Crippen LogP contribution is -2.45. The van der Waals surface area contributed by atoms with Crippen LogP contribution in [0.25, 0.3) is 0 Å². The Bertz CT molecular complexity index is 1250. The Labute approximate surface area is 221 Å². The number of nitrogens with zero attached hydrogens (tertiary/aromatic N) is 1. The smallest absolute Gasteiger partial charge is 0.251 e. The molecule has 0 aliphatic carbocycles. The number of thioether (sulfide) groups is 1. The molecule has 1 aromatic heterocycles. The van der Waals surface area contributed by atoms with Crippen LogP contribution in [-0.4, -0.2) is 22.8 Å². The number of carbonyl (C=O) groups excluding carboxylic acids is 2. The maximum absolute atomic E-state index is 13.2. The maximum atomic E-state index is 13.2. The standard InChI is InChI=1S/C28H24FN3O2S.C2H6/c29-22-11-9-21(10-12-22)27(33)32-26(18-24-8-4-5-17-30-24)28(34)31-23-13-15-25(16-14-23)35-19-20-6-2-1-3-7-20;1-2/h1-17,26H,18-19H2,(H,31,34)(H,32,33);1-2H3. The van der Waals surface area contributed by atoms with Gasteiger partial charge in [-0.2, -0.15) is 0 Å². The van der Waals surface area contributed by atoms with E-state index in [1.807, 2.05) is 62.4 Å². The summed E-state index contributed by atoms with van der Waals surface area (Å²) in [6, 6.07) is 27.5. The molecule has 1 atom stereocenters. The summed E-state index contributed by atoms with van der Waals surface area (Å²) in [5.41, 5.74) is 2.80. The highest BCUT2D eigenvalue weighted by Crippen LogP contribution is 2.24. The van der Waals surface area contributed by atoms with Crippen LogP contribution in [0.3, 0.4) is 0 Å². The fourth-order valence-electron chi connectivity index (χ4n) is 3.38. The van der Waals surface area contributed by atoms with Gasteiger partial charge in [0, 0.05) is 40.2 Å². The van der Waals surface area contributed by atoms with Crippen LogP contribution in [0.15, 0.2) is 108 Å². The van der Waals surface area contributed by atoms with Gasteiger partial charge >= 0.3 is 0 Å². The number of carbonyl (C=O) groups is 2. The van der Waals surface area contributed by atoms with Crippen LogP contribution in [0, 0.1) is 5.82 Å². The molecule has 5 nitrogen and oxygen atoms in total. The summed E-state index contributed by atoms with van der Waals surface area (Å²) in [4.78, 5) is 31.2. The third-order valence-electron chi connectivity index (χ3n) is 5.24. The van der Waals surface area contributed by atoms with Crippen LogP contribution in [0.5, 0.6) is 0 Å². The topological polar surface area (TPSA) is 71.1 Å². The van der Waals surface area contributed by atoms with Gasteiger partial charge in [-0.15, -0.1) is 11.8 Å². The Morgan fingerprint density at radius 2 is 1.54 bits per heavy atom. The number of rotatable bonds is 9. The van der Waals surface area contributed by atoms with Gasteiger partial charge in [0.25, 0.3) is 5.91 Å². The molecule has 190 valence electrons. The number of halogens is 1. The van der Waals surface area contributed by atoms with Gasteiger partial charge in [0.05, 0.1) is 0 Å². The Balaban J connectivity index is 0.00000186. The first kappa shape index (κ1) is 27.6. The molecular weight excluding hydrogens is 485 g/mol. The van der Waals surface area contributed by atoms with E-state index in [-0.39, 0.29) is 17.9 Å². The molecule has 0 fully saturated rings. The van der Waals surface area contributed by atoms with Gasteiger partial charge in [-0.1, -0.05) is 50.2 Å². The molecule has 0 saturated carbocycles. The quantitative estimate of drug-likeness (QED) is 0.249. The second kappa shape index (κ2) is 14.6. The van der Waals surface area contributed by atoms with Gasteiger partial charge in [-0.3, -0.25) is 14.6 Å². The zero-order valence-electron chi connectivity index (χ0n) is 20.9. The minimum absolute atomic E-state index is 0.213. The molecule has 0 radical (unpaired) electrons. The lowest BCUT2D eigenvalue weighted by atomic mass is 10.1. The lowest BCUT2D eigenvalue weighted by Gasteiger charge is -2.18. The predicted octanol–water partition coefficient (Wildman–Crippen LogP) is 6.52. The van der Waals surface area contributed by atoms with Crippen molar-refractivity contribution in [2.24, 2.45) is 0 Å². The molecule has 1 unspecified atom stereocenters. The average molecular weight is 516 g/mol. The highest BCUT2D eigenvalue weighted by molar-refractivity contribution is 7.98. The number of hydrogen-bond acceptors (Lipinski definition) is 4. The largest absolute Gasteiger partial charge is 0.340 e. The van der Waals surface area contributed by atoms with E-state index in [0.717, 1.165) is 10.6 Å². The van der Waals surface area contributed by atoms with E-state index in [1.165, 1.54) is 29.8 Å². The molecule has 3 aromatic carbocycles. The Kier molecular flexibility index (Phi) is 10.9. The van der Waals surface area contributed by atoms with Crippen LogP contribution < -0.4 is 10.6 Å². The minimum Gasteiger partial charge on any atom is -0.340 e. The second-order valence-corrected chi connectivity index (χ2v) is 8.89. The van der Waals surface area contributed by atoms with Gasteiger partial charge in [-0.05, 0) is 66.2 Å². The van der Waals surface area contributed by atoms with Crippen molar-refractivity contribution in [3.05, 3.63) is 126 Å². The molecule has 4 rings (SSSR count). The molecule has 4 aromatic rings. The van der Waals surface area contributed by atoms with Crippen LogP contribution >= 0.6 is 11.8 Å². The zero-order valence-corrected chi connectivity index (χ0v) is 21.7. The fraction of sp³-hybridized carbons (Fsp3) is 0.167. The van der Waals surface area contributed by atoms with Gasteiger partial charge < -0.3 is 10.6 Å². The normalized spacial score (nSPS) is 11.0.